The number of hydrogen-bond donors (Lipinski definition) is 1. The van der Waals surface area contributed by atoms with Crippen LogP contribution in [0.15, 0.2) is 0 Å². The molecule has 0 unspecified atom stereocenters. The third-order valence-electron chi connectivity index (χ3n) is 2.10. The Morgan fingerprint density at radius 2 is 2.07 bits per heavy atom. The van der Waals surface area contributed by atoms with Crippen molar-refractivity contribution >= 4 is 0 Å². The second-order valence-corrected chi connectivity index (χ2v) is 3.47. The van der Waals surface area contributed by atoms with Crippen LogP contribution in [0.2, 0.25) is 0 Å². The highest BCUT2D eigenvalue weighted by Gasteiger charge is 2.00. The van der Waals surface area contributed by atoms with Gasteiger partial charge in [-0.1, -0.05) is 6.92 Å². The Balaban J connectivity index is 2.99. The van der Waals surface area contributed by atoms with E-state index in [0.29, 0.717) is 6.61 Å². The summed E-state index contributed by atoms with van der Waals surface area (Å²) in [4.78, 5) is 2.21. The summed E-state index contributed by atoms with van der Waals surface area (Å²) in [5.41, 5.74) is 0. The number of likely N-dealkylation sites (N-methyl/N-ethyl adjacent to an activating group) is 1. The molecule has 0 rings (SSSR count). The Morgan fingerprint density at radius 3 is 2.67 bits per heavy atom. The highest BCUT2D eigenvalue weighted by Crippen LogP contribution is 1.92. The Bertz CT molecular complexity index is 137. The molecule has 0 aromatic heterocycles. The van der Waals surface area contributed by atoms with Gasteiger partial charge in [-0.05, 0) is 26.6 Å². The third-order valence-corrected chi connectivity index (χ3v) is 2.10. The van der Waals surface area contributed by atoms with E-state index < -0.39 is 13.0 Å². The molecule has 0 aliphatic carbocycles. The summed E-state index contributed by atoms with van der Waals surface area (Å²) in [6, 6.07) is 0. The first kappa shape index (κ1) is 14.7. The van der Waals surface area contributed by atoms with E-state index in [9.17, 15) is 8.78 Å². The molecule has 0 aliphatic rings. The lowest BCUT2D eigenvalue weighted by molar-refractivity contribution is 0.0168. The first-order valence-corrected chi connectivity index (χ1v) is 5.42. The topological polar surface area (TPSA) is 24.5 Å². The van der Waals surface area contributed by atoms with Crippen LogP contribution in [0.25, 0.3) is 0 Å². The molecule has 5 heteroatoms. The molecular weight excluding hydrogens is 202 g/mol. The standard InChI is InChI=1S/C10H22F2N2O/c1-3-14(2)7-6-13-5-4-8-15-9-10(11)12/h10,13H,3-9H2,1-2H3. The monoisotopic (exact) mass is 224 g/mol. The van der Waals surface area contributed by atoms with Crippen molar-refractivity contribution in [3.8, 4) is 0 Å². The fraction of sp³-hybridized carbons (Fsp3) is 1.00. The Hall–Kier alpha value is -0.260. The number of hydrogen-bond acceptors (Lipinski definition) is 3. The van der Waals surface area contributed by atoms with E-state index in [2.05, 4.69) is 24.2 Å². The zero-order valence-electron chi connectivity index (χ0n) is 9.64. The predicted molar refractivity (Wildman–Crippen MR) is 57.5 cm³/mol. The molecule has 0 atom stereocenters. The zero-order valence-corrected chi connectivity index (χ0v) is 9.64. The molecule has 92 valence electrons. The number of halogens is 2. The Labute approximate surface area is 90.8 Å². The number of nitrogens with zero attached hydrogens (tertiary/aromatic N) is 1. The lowest BCUT2D eigenvalue weighted by atomic mass is 10.4. The number of ether oxygens (including phenoxy) is 1. The zero-order chi connectivity index (χ0) is 11.5. The number of nitrogens with one attached hydrogen (secondary N) is 1. The van der Waals surface area contributed by atoms with Gasteiger partial charge in [-0.2, -0.15) is 0 Å². The lowest BCUT2D eigenvalue weighted by Gasteiger charge is -2.13. The SMILES string of the molecule is CCN(C)CCNCCCOCC(F)F. The minimum Gasteiger partial charge on any atom is -0.375 e. The first-order chi connectivity index (χ1) is 7.16. The summed E-state index contributed by atoms with van der Waals surface area (Å²) in [5, 5.41) is 3.23. The van der Waals surface area contributed by atoms with Crippen molar-refractivity contribution in [2.24, 2.45) is 0 Å². The summed E-state index contributed by atoms with van der Waals surface area (Å²) in [7, 11) is 2.06. The maximum Gasteiger partial charge on any atom is 0.261 e. The van der Waals surface area contributed by atoms with E-state index in [0.717, 1.165) is 32.6 Å². The molecule has 0 bridgehead atoms. The summed E-state index contributed by atoms with van der Waals surface area (Å²) < 4.78 is 28.0. The van der Waals surface area contributed by atoms with Gasteiger partial charge < -0.3 is 15.0 Å². The summed E-state index contributed by atoms with van der Waals surface area (Å²) in [6.45, 7) is 5.87. The third kappa shape index (κ3) is 11.7. The molecule has 0 aliphatic heterocycles. The quantitative estimate of drug-likeness (QED) is 0.564. The van der Waals surface area contributed by atoms with Gasteiger partial charge in [0.1, 0.15) is 6.61 Å². The highest BCUT2D eigenvalue weighted by atomic mass is 19.3. The van der Waals surface area contributed by atoms with Gasteiger partial charge in [-0.3, -0.25) is 0 Å². The predicted octanol–water partition coefficient (Wildman–Crippen LogP) is 1.20. The molecule has 0 saturated heterocycles. The largest absolute Gasteiger partial charge is 0.375 e. The lowest BCUT2D eigenvalue weighted by Crippen LogP contribution is -2.29. The second kappa shape index (κ2) is 10.3. The average molecular weight is 224 g/mol. The fourth-order valence-corrected chi connectivity index (χ4v) is 1.02. The van der Waals surface area contributed by atoms with E-state index in [-0.39, 0.29) is 0 Å². The normalized spacial score (nSPS) is 11.6. The molecule has 0 aromatic rings. The van der Waals surface area contributed by atoms with Gasteiger partial charge in [0.05, 0.1) is 0 Å². The molecule has 15 heavy (non-hydrogen) atoms. The number of alkyl halides is 2. The minimum atomic E-state index is -2.35. The van der Waals surface area contributed by atoms with Gasteiger partial charge in [0.15, 0.2) is 0 Å². The summed E-state index contributed by atoms with van der Waals surface area (Å²) in [6.07, 6.45) is -1.57. The van der Waals surface area contributed by atoms with Gasteiger partial charge in [0.2, 0.25) is 0 Å². The number of rotatable bonds is 10. The first-order valence-electron chi connectivity index (χ1n) is 5.42. The van der Waals surface area contributed by atoms with Gasteiger partial charge in [0.25, 0.3) is 6.43 Å². The minimum absolute atomic E-state index is 0.404. The van der Waals surface area contributed by atoms with Crippen LogP contribution in [0, 0.1) is 0 Å². The molecule has 3 nitrogen and oxygen atoms in total. The van der Waals surface area contributed by atoms with E-state index in [4.69, 9.17) is 4.74 Å². The van der Waals surface area contributed by atoms with Crippen LogP contribution >= 0.6 is 0 Å². The van der Waals surface area contributed by atoms with Crippen LogP contribution < -0.4 is 5.32 Å². The second-order valence-electron chi connectivity index (χ2n) is 3.47. The molecule has 0 spiro atoms. The average Bonchev–Trinajstić information content (AvgIpc) is 2.21. The van der Waals surface area contributed by atoms with Crippen LogP contribution in [0.5, 0.6) is 0 Å². The summed E-state index contributed by atoms with van der Waals surface area (Å²) >= 11 is 0. The van der Waals surface area contributed by atoms with Crippen molar-refractivity contribution in [2.45, 2.75) is 19.8 Å². The van der Waals surface area contributed by atoms with Crippen LogP contribution in [0.3, 0.4) is 0 Å². The van der Waals surface area contributed by atoms with Crippen molar-refractivity contribution in [1.29, 1.82) is 0 Å². The summed E-state index contributed by atoms with van der Waals surface area (Å²) in [5.74, 6) is 0. The maximum absolute atomic E-state index is 11.6. The Morgan fingerprint density at radius 1 is 1.33 bits per heavy atom. The van der Waals surface area contributed by atoms with Crippen molar-refractivity contribution in [3.05, 3.63) is 0 Å². The molecular formula is C10H22F2N2O. The van der Waals surface area contributed by atoms with Crippen molar-refractivity contribution < 1.29 is 13.5 Å². The maximum atomic E-state index is 11.6. The molecule has 1 N–H and O–H groups in total. The van der Waals surface area contributed by atoms with Gasteiger partial charge in [0, 0.05) is 19.7 Å². The Kier molecular flexibility index (Phi) is 10.1. The van der Waals surface area contributed by atoms with Crippen LogP contribution in [-0.4, -0.2) is 57.8 Å². The fourth-order valence-electron chi connectivity index (χ4n) is 1.02. The van der Waals surface area contributed by atoms with Gasteiger partial charge in [-0.25, -0.2) is 8.78 Å². The van der Waals surface area contributed by atoms with Crippen LogP contribution in [-0.2, 0) is 4.74 Å². The van der Waals surface area contributed by atoms with Gasteiger partial charge in [-0.15, -0.1) is 0 Å². The smallest absolute Gasteiger partial charge is 0.261 e. The highest BCUT2D eigenvalue weighted by molar-refractivity contribution is 4.52. The van der Waals surface area contributed by atoms with Crippen LogP contribution in [0.4, 0.5) is 8.78 Å². The molecule has 0 fully saturated rings. The van der Waals surface area contributed by atoms with Crippen molar-refractivity contribution in [2.75, 3.05) is 46.4 Å². The van der Waals surface area contributed by atoms with Crippen molar-refractivity contribution in [1.82, 2.24) is 10.2 Å². The van der Waals surface area contributed by atoms with E-state index >= 15 is 0 Å². The van der Waals surface area contributed by atoms with E-state index in [1.807, 2.05) is 0 Å². The molecule has 0 saturated carbocycles. The molecule has 0 aromatic carbocycles. The van der Waals surface area contributed by atoms with Crippen molar-refractivity contribution in [3.63, 3.8) is 0 Å². The van der Waals surface area contributed by atoms with Crippen LogP contribution in [0.1, 0.15) is 13.3 Å². The molecule has 0 amide bonds. The van der Waals surface area contributed by atoms with E-state index in [1.54, 1.807) is 0 Å². The molecule has 0 radical (unpaired) electrons. The molecule has 0 heterocycles. The van der Waals surface area contributed by atoms with E-state index in [1.165, 1.54) is 0 Å². The van der Waals surface area contributed by atoms with Gasteiger partial charge >= 0.3 is 0 Å².